The van der Waals surface area contributed by atoms with Crippen molar-refractivity contribution < 1.29 is 0 Å². The van der Waals surface area contributed by atoms with E-state index in [4.69, 9.17) is 12.2 Å². The molecule has 1 aromatic carbocycles. The molecule has 1 aliphatic rings. The molecule has 0 saturated heterocycles. The van der Waals surface area contributed by atoms with Gasteiger partial charge in [-0.3, -0.25) is 0 Å². The fourth-order valence-electron chi connectivity index (χ4n) is 2.25. The van der Waals surface area contributed by atoms with E-state index in [0.717, 1.165) is 31.0 Å². The van der Waals surface area contributed by atoms with Crippen molar-refractivity contribution in [1.82, 2.24) is 15.3 Å². The quantitative estimate of drug-likeness (QED) is 0.736. The van der Waals surface area contributed by atoms with Gasteiger partial charge in [-0.15, -0.1) is 0 Å². The van der Waals surface area contributed by atoms with Crippen LogP contribution in [-0.4, -0.2) is 16.5 Å². The Balaban J connectivity index is 1.98. The van der Waals surface area contributed by atoms with Crippen LogP contribution in [0, 0.1) is 11.7 Å². The van der Waals surface area contributed by atoms with Gasteiger partial charge in [0, 0.05) is 36.5 Å². The van der Waals surface area contributed by atoms with E-state index in [-0.39, 0.29) is 0 Å². The summed E-state index contributed by atoms with van der Waals surface area (Å²) >= 11 is 5.19. The van der Waals surface area contributed by atoms with Gasteiger partial charge in [-0.25, -0.2) is 4.98 Å². The Morgan fingerprint density at radius 3 is 2.84 bits per heavy atom. The maximum Gasteiger partial charge on any atom is 0.198 e. The fourth-order valence-corrected chi connectivity index (χ4v) is 2.47. The molecule has 0 amide bonds. The van der Waals surface area contributed by atoms with Gasteiger partial charge in [0.25, 0.3) is 0 Å². The molecular formula is C14H16N4S. The molecule has 4 nitrogen and oxygen atoms in total. The number of hydrogen-bond donors (Lipinski definition) is 3. The van der Waals surface area contributed by atoms with Crippen LogP contribution in [0.3, 0.4) is 0 Å². The van der Waals surface area contributed by atoms with E-state index in [1.54, 1.807) is 0 Å². The second-order valence-corrected chi connectivity index (χ2v) is 5.15. The second-order valence-electron chi connectivity index (χ2n) is 4.77. The van der Waals surface area contributed by atoms with Crippen LogP contribution < -0.4 is 10.6 Å². The van der Waals surface area contributed by atoms with E-state index in [2.05, 4.69) is 51.8 Å². The van der Waals surface area contributed by atoms with Crippen LogP contribution >= 0.6 is 12.2 Å². The minimum absolute atomic E-state index is 0.537. The van der Waals surface area contributed by atoms with Gasteiger partial charge >= 0.3 is 0 Å². The number of rotatable bonds is 2. The Hall–Kier alpha value is -1.72. The minimum atomic E-state index is 0.537. The number of nitrogens with zero attached hydrogens (tertiary/aromatic N) is 1. The van der Waals surface area contributed by atoms with Gasteiger partial charge in [-0.1, -0.05) is 17.7 Å². The number of fused-ring (bicyclic) bond motifs is 1. The van der Waals surface area contributed by atoms with Crippen LogP contribution in [-0.2, 0) is 13.0 Å². The van der Waals surface area contributed by atoms with Crippen LogP contribution in [0.15, 0.2) is 24.3 Å². The number of H-pyrrole nitrogens is 1. The molecule has 0 fully saturated rings. The van der Waals surface area contributed by atoms with Crippen LogP contribution in [0.2, 0.25) is 0 Å². The smallest absolute Gasteiger partial charge is 0.198 e. The number of benzene rings is 1. The van der Waals surface area contributed by atoms with Crippen molar-refractivity contribution in [2.75, 3.05) is 11.9 Å². The van der Waals surface area contributed by atoms with Crippen LogP contribution in [0.1, 0.15) is 16.8 Å². The van der Waals surface area contributed by atoms with Gasteiger partial charge in [0.05, 0.1) is 0 Å². The lowest BCUT2D eigenvalue weighted by atomic mass is 10.1. The Bertz CT molecular complexity index is 645. The molecule has 98 valence electrons. The van der Waals surface area contributed by atoms with E-state index in [1.165, 1.54) is 16.8 Å². The highest BCUT2D eigenvalue weighted by Crippen LogP contribution is 2.23. The van der Waals surface area contributed by atoms with Crippen molar-refractivity contribution in [3.8, 4) is 0 Å². The zero-order valence-electron chi connectivity index (χ0n) is 10.8. The third kappa shape index (κ3) is 2.67. The molecule has 1 aliphatic heterocycles. The van der Waals surface area contributed by atoms with Gasteiger partial charge in [0.15, 0.2) is 4.77 Å². The lowest BCUT2D eigenvalue weighted by molar-refractivity contribution is 0.626. The minimum Gasteiger partial charge on any atom is -0.340 e. The molecule has 0 radical (unpaired) electrons. The Morgan fingerprint density at radius 1 is 1.26 bits per heavy atom. The van der Waals surface area contributed by atoms with Gasteiger partial charge < -0.3 is 15.6 Å². The molecule has 0 atom stereocenters. The molecule has 0 saturated carbocycles. The molecule has 19 heavy (non-hydrogen) atoms. The van der Waals surface area contributed by atoms with E-state index < -0.39 is 0 Å². The van der Waals surface area contributed by atoms with Crippen LogP contribution in [0.5, 0.6) is 0 Å². The number of aromatic nitrogens is 2. The maximum atomic E-state index is 5.19. The first-order valence-corrected chi connectivity index (χ1v) is 6.80. The molecule has 0 bridgehead atoms. The molecule has 0 unspecified atom stereocenters. The van der Waals surface area contributed by atoms with Crippen molar-refractivity contribution in [3.05, 3.63) is 45.9 Å². The summed E-state index contributed by atoms with van der Waals surface area (Å²) in [4.78, 5) is 7.60. The zero-order chi connectivity index (χ0) is 13.2. The molecule has 3 N–H and O–H groups in total. The van der Waals surface area contributed by atoms with Crippen molar-refractivity contribution in [3.63, 3.8) is 0 Å². The van der Waals surface area contributed by atoms with Crippen molar-refractivity contribution in [2.45, 2.75) is 19.9 Å². The molecule has 0 aliphatic carbocycles. The lowest BCUT2D eigenvalue weighted by Gasteiger charge is -2.20. The fraction of sp³-hybridized carbons (Fsp3) is 0.286. The molecule has 5 heteroatoms. The summed E-state index contributed by atoms with van der Waals surface area (Å²) in [5, 5.41) is 6.72. The third-order valence-corrected chi connectivity index (χ3v) is 3.48. The highest BCUT2D eigenvalue weighted by Gasteiger charge is 2.14. The van der Waals surface area contributed by atoms with Gasteiger partial charge in [-0.2, -0.15) is 0 Å². The summed E-state index contributed by atoms with van der Waals surface area (Å²) in [6.45, 7) is 3.88. The summed E-state index contributed by atoms with van der Waals surface area (Å²) in [5.74, 6) is 0.856. The average molecular weight is 272 g/mol. The molecule has 0 spiro atoms. The highest BCUT2D eigenvalue weighted by molar-refractivity contribution is 7.71. The molecule has 2 aromatic rings. The number of aromatic amines is 1. The van der Waals surface area contributed by atoms with E-state index in [1.807, 2.05) is 0 Å². The van der Waals surface area contributed by atoms with Crippen LogP contribution in [0.4, 0.5) is 11.5 Å². The molecule has 3 rings (SSSR count). The standard InChI is InChI=1S/C14H16N4S/c1-9-2-4-10(5-3-9)16-13-11-8-15-7-6-12(11)17-14(19)18-13/h2-5,15H,6-8H2,1H3,(H2,16,17,18,19). The summed E-state index contributed by atoms with van der Waals surface area (Å²) in [6.07, 6.45) is 0.962. The maximum absolute atomic E-state index is 5.19. The average Bonchev–Trinajstić information content (AvgIpc) is 2.41. The normalized spacial score (nSPS) is 13.9. The number of nitrogens with one attached hydrogen (secondary N) is 3. The molecular weight excluding hydrogens is 256 g/mol. The topological polar surface area (TPSA) is 52.7 Å². The largest absolute Gasteiger partial charge is 0.340 e. The first-order valence-electron chi connectivity index (χ1n) is 6.39. The molecule has 1 aromatic heterocycles. The summed E-state index contributed by atoms with van der Waals surface area (Å²) in [7, 11) is 0. The van der Waals surface area contributed by atoms with Gasteiger partial charge in [-0.05, 0) is 31.3 Å². The SMILES string of the molecule is Cc1ccc(Nc2nc(=S)[nH]c3c2CNCC3)cc1. The predicted octanol–water partition coefficient (Wildman–Crippen LogP) is 2.84. The van der Waals surface area contributed by atoms with Gasteiger partial charge in [0.2, 0.25) is 0 Å². The predicted molar refractivity (Wildman–Crippen MR) is 79.3 cm³/mol. The first kappa shape index (κ1) is 12.3. The van der Waals surface area contributed by atoms with E-state index >= 15 is 0 Å². The Kier molecular flexibility index (Phi) is 3.31. The monoisotopic (exact) mass is 272 g/mol. The van der Waals surface area contributed by atoms with Crippen molar-refractivity contribution in [1.29, 1.82) is 0 Å². The Morgan fingerprint density at radius 2 is 2.05 bits per heavy atom. The van der Waals surface area contributed by atoms with Crippen LogP contribution in [0.25, 0.3) is 0 Å². The zero-order valence-corrected chi connectivity index (χ0v) is 11.6. The summed E-state index contributed by atoms with van der Waals surface area (Å²) in [5.41, 5.74) is 4.65. The first-order chi connectivity index (χ1) is 9.22. The summed E-state index contributed by atoms with van der Waals surface area (Å²) in [6, 6.07) is 8.27. The highest BCUT2D eigenvalue weighted by atomic mass is 32.1. The number of aryl methyl sites for hydroxylation is 1. The van der Waals surface area contributed by atoms with E-state index in [0.29, 0.717) is 4.77 Å². The van der Waals surface area contributed by atoms with Gasteiger partial charge in [0.1, 0.15) is 5.82 Å². The lowest BCUT2D eigenvalue weighted by Crippen LogP contribution is -2.26. The van der Waals surface area contributed by atoms with Crippen molar-refractivity contribution in [2.24, 2.45) is 0 Å². The van der Waals surface area contributed by atoms with Crippen molar-refractivity contribution >= 4 is 23.7 Å². The Labute approximate surface area is 117 Å². The number of hydrogen-bond acceptors (Lipinski definition) is 4. The molecule has 2 heterocycles. The second kappa shape index (κ2) is 5.11. The number of anilines is 2. The summed E-state index contributed by atoms with van der Waals surface area (Å²) < 4.78 is 0.537. The van der Waals surface area contributed by atoms with E-state index in [9.17, 15) is 0 Å². The third-order valence-electron chi connectivity index (χ3n) is 3.29.